The molecule has 2 fully saturated rings. The van der Waals surface area contributed by atoms with Gasteiger partial charge in [-0.15, -0.1) is 0 Å². The summed E-state index contributed by atoms with van der Waals surface area (Å²) < 4.78 is 0. The smallest absolute Gasteiger partial charge is 0.251 e. The summed E-state index contributed by atoms with van der Waals surface area (Å²) >= 11 is 0. The van der Waals surface area contributed by atoms with Crippen LogP contribution in [0.2, 0.25) is 0 Å². The van der Waals surface area contributed by atoms with Crippen molar-refractivity contribution in [3.63, 3.8) is 0 Å². The van der Waals surface area contributed by atoms with Crippen LogP contribution in [0.4, 0.5) is 5.69 Å². The van der Waals surface area contributed by atoms with Crippen LogP contribution in [0.5, 0.6) is 0 Å². The van der Waals surface area contributed by atoms with E-state index in [-0.39, 0.29) is 17.9 Å². The first-order valence-corrected chi connectivity index (χ1v) is 10.9. The van der Waals surface area contributed by atoms with Gasteiger partial charge in [-0.2, -0.15) is 4.99 Å². The molecule has 7 heteroatoms. The number of nitrogens with one attached hydrogen (secondary N) is 1. The molecule has 2 aliphatic carbocycles. The Kier molecular flexibility index (Phi) is 5.48. The molecule has 2 saturated carbocycles. The number of rotatable bonds is 3. The van der Waals surface area contributed by atoms with Crippen molar-refractivity contribution in [3.05, 3.63) is 29.3 Å². The molecule has 7 nitrogen and oxygen atoms in total. The van der Waals surface area contributed by atoms with Gasteiger partial charge in [-0.05, 0) is 63.1 Å². The molecule has 1 aromatic rings. The molecule has 1 heterocycles. The van der Waals surface area contributed by atoms with E-state index in [1.54, 1.807) is 0 Å². The third kappa shape index (κ3) is 3.82. The molecule has 1 aliphatic heterocycles. The number of aliphatic imine (C=N–C) groups is 2. The Morgan fingerprint density at radius 1 is 1.10 bits per heavy atom. The highest BCUT2D eigenvalue weighted by Gasteiger charge is 2.43. The molecule has 0 unspecified atom stereocenters. The Labute approximate surface area is 172 Å². The number of carbonyl (C=O) groups excluding carboxylic acids is 1. The van der Waals surface area contributed by atoms with Crippen LogP contribution in [0.15, 0.2) is 28.2 Å². The van der Waals surface area contributed by atoms with Crippen molar-refractivity contribution >= 4 is 23.5 Å². The molecule has 1 spiro atoms. The van der Waals surface area contributed by atoms with E-state index < -0.39 is 5.66 Å². The van der Waals surface area contributed by atoms with Gasteiger partial charge >= 0.3 is 0 Å². The number of guanidine groups is 2. The largest absolute Gasteiger partial charge is 0.369 e. The fraction of sp³-hybridized carbons (Fsp3) is 0.591. The quantitative estimate of drug-likeness (QED) is 0.729. The van der Waals surface area contributed by atoms with E-state index in [0.717, 1.165) is 49.8 Å². The summed E-state index contributed by atoms with van der Waals surface area (Å²) in [5.41, 5.74) is 14.3. The molecule has 5 N–H and O–H groups in total. The minimum absolute atomic E-state index is 0.00974. The highest BCUT2D eigenvalue weighted by molar-refractivity contribution is 6.07. The van der Waals surface area contributed by atoms with Crippen LogP contribution in [0, 0.1) is 6.92 Å². The first-order valence-electron chi connectivity index (χ1n) is 10.9. The lowest BCUT2D eigenvalue weighted by Gasteiger charge is -2.46. The number of anilines is 1. The van der Waals surface area contributed by atoms with Crippen molar-refractivity contribution in [2.45, 2.75) is 82.8 Å². The van der Waals surface area contributed by atoms with Gasteiger partial charge in [-0.25, -0.2) is 4.99 Å². The molecule has 1 aromatic carbocycles. The van der Waals surface area contributed by atoms with E-state index in [2.05, 4.69) is 10.3 Å². The van der Waals surface area contributed by atoms with Gasteiger partial charge in [0.25, 0.3) is 5.91 Å². The summed E-state index contributed by atoms with van der Waals surface area (Å²) in [5, 5.41) is 3.23. The number of carbonyl (C=O) groups is 1. The number of hydrogen-bond acceptors (Lipinski definition) is 6. The molecule has 3 aliphatic rings. The van der Waals surface area contributed by atoms with Crippen LogP contribution >= 0.6 is 0 Å². The minimum atomic E-state index is -0.503. The molecule has 0 radical (unpaired) electrons. The van der Waals surface area contributed by atoms with Crippen molar-refractivity contribution in [2.24, 2.45) is 21.5 Å². The molecule has 156 valence electrons. The van der Waals surface area contributed by atoms with E-state index >= 15 is 0 Å². The Bertz CT molecular complexity index is 834. The van der Waals surface area contributed by atoms with E-state index in [9.17, 15) is 4.79 Å². The number of nitrogens with two attached hydrogens (primary N) is 2. The van der Waals surface area contributed by atoms with E-state index in [0.29, 0.717) is 11.5 Å². The number of nitrogens with zero attached hydrogens (tertiary/aromatic N) is 3. The molecule has 1 amide bonds. The fourth-order valence-electron chi connectivity index (χ4n) is 5.09. The fourth-order valence-corrected chi connectivity index (χ4v) is 5.09. The van der Waals surface area contributed by atoms with Crippen LogP contribution in [-0.4, -0.2) is 29.5 Å². The molecule has 4 rings (SSSR count). The number of amides is 1. The maximum absolute atomic E-state index is 13.0. The van der Waals surface area contributed by atoms with Crippen molar-refractivity contribution in [1.29, 1.82) is 0 Å². The topological polar surface area (TPSA) is 109 Å². The van der Waals surface area contributed by atoms with Crippen LogP contribution < -0.4 is 21.7 Å². The van der Waals surface area contributed by atoms with Gasteiger partial charge in [0.2, 0.25) is 11.9 Å². The Balaban J connectivity index is 1.66. The minimum Gasteiger partial charge on any atom is -0.369 e. The summed E-state index contributed by atoms with van der Waals surface area (Å²) in [5.74, 6) is 0.585. The van der Waals surface area contributed by atoms with Gasteiger partial charge in [0.05, 0.1) is 0 Å². The Morgan fingerprint density at radius 3 is 2.52 bits per heavy atom. The van der Waals surface area contributed by atoms with Crippen molar-refractivity contribution in [2.75, 3.05) is 4.90 Å². The molecular weight excluding hydrogens is 364 g/mol. The van der Waals surface area contributed by atoms with Gasteiger partial charge in [-0.3, -0.25) is 9.69 Å². The second kappa shape index (κ2) is 8.05. The van der Waals surface area contributed by atoms with Crippen LogP contribution in [0.25, 0.3) is 0 Å². The standard InChI is InChI=1S/C22H32N6O/c1-15-17(19(29)25-16-9-4-2-5-10-16)11-8-12-18(15)28-21(24)26-20(23)27-22(28)13-6-3-7-14-22/h8,11-12,16H,2-7,9-10,13-14H2,1H3,(H,25,29)(H4,23,24,26,27). The zero-order valence-corrected chi connectivity index (χ0v) is 17.3. The van der Waals surface area contributed by atoms with Gasteiger partial charge in [0.15, 0.2) is 0 Å². The van der Waals surface area contributed by atoms with Gasteiger partial charge in [0.1, 0.15) is 5.66 Å². The third-order valence-corrected chi connectivity index (χ3v) is 6.58. The monoisotopic (exact) mass is 396 g/mol. The van der Waals surface area contributed by atoms with Crippen molar-refractivity contribution < 1.29 is 4.79 Å². The zero-order chi connectivity index (χ0) is 20.4. The van der Waals surface area contributed by atoms with Crippen molar-refractivity contribution in [1.82, 2.24) is 5.32 Å². The molecule has 0 bridgehead atoms. The van der Waals surface area contributed by atoms with Crippen molar-refractivity contribution in [3.8, 4) is 0 Å². The zero-order valence-electron chi connectivity index (χ0n) is 17.3. The van der Waals surface area contributed by atoms with Gasteiger partial charge in [-0.1, -0.05) is 31.7 Å². The summed E-state index contributed by atoms with van der Waals surface area (Å²) in [6.45, 7) is 1.98. The predicted molar refractivity (Wildman–Crippen MR) is 117 cm³/mol. The van der Waals surface area contributed by atoms with Crippen LogP contribution in [-0.2, 0) is 0 Å². The third-order valence-electron chi connectivity index (χ3n) is 6.58. The highest BCUT2D eigenvalue weighted by atomic mass is 16.1. The summed E-state index contributed by atoms with van der Waals surface area (Å²) in [7, 11) is 0. The molecule has 0 atom stereocenters. The van der Waals surface area contributed by atoms with Crippen LogP contribution in [0.3, 0.4) is 0 Å². The number of hydrogen-bond donors (Lipinski definition) is 3. The normalized spacial score (nSPS) is 22.2. The van der Waals surface area contributed by atoms with Gasteiger partial charge < -0.3 is 16.8 Å². The molecular formula is C22H32N6O. The summed E-state index contributed by atoms with van der Waals surface area (Å²) in [6.07, 6.45) is 10.8. The van der Waals surface area contributed by atoms with Gasteiger partial charge in [0, 0.05) is 17.3 Å². The lowest BCUT2D eigenvalue weighted by Crippen LogP contribution is -2.58. The van der Waals surface area contributed by atoms with E-state index in [1.165, 1.54) is 25.7 Å². The second-order valence-electron chi connectivity index (χ2n) is 8.58. The van der Waals surface area contributed by atoms with Crippen LogP contribution in [0.1, 0.15) is 80.1 Å². The number of benzene rings is 1. The average Bonchev–Trinajstić information content (AvgIpc) is 2.70. The first kappa shape index (κ1) is 19.7. The maximum atomic E-state index is 13.0. The first-order chi connectivity index (χ1) is 14.0. The second-order valence-corrected chi connectivity index (χ2v) is 8.58. The summed E-state index contributed by atoms with van der Waals surface area (Å²) in [6, 6.07) is 6.08. The van der Waals surface area contributed by atoms with E-state index in [4.69, 9.17) is 16.5 Å². The lowest BCUT2D eigenvalue weighted by molar-refractivity contribution is 0.0927. The molecule has 0 saturated heterocycles. The SMILES string of the molecule is Cc1c(C(=O)NC2CCCCC2)cccc1N1C(N)=NC(N)=NC12CCCCC2. The highest BCUT2D eigenvalue weighted by Crippen LogP contribution is 2.41. The maximum Gasteiger partial charge on any atom is 0.251 e. The van der Waals surface area contributed by atoms with E-state index in [1.807, 2.05) is 30.0 Å². The Morgan fingerprint density at radius 2 is 1.79 bits per heavy atom. The molecule has 0 aromatic heterocycles. The lowest BCUT2D eigenvalue weighted by atomic mass is 9.86. The average molecular weight is 397 g/mol. The molecule has 29 heavy (non-hydrogen) atoms. The summed E-state index contributed by atoms with van der Waals surface area (Å²) in [4.78, 5) is 24.0. The predicted octanol–water partition coefficient (Wildman–Crippen LogP) is 3.17. The Hall–Kier alpha value is -2.57.